The van der Waals surface area contributed by atoms with Crippen LogP contribution in [0.3, 0.4) is 0 Å². The number of rotatable bonds is 6. The molecule has 1 amide bonds. The number of amides is 1. The van der Waals surface area contributed by atoms with Gasteiger partial charge in [-0.2, -0.15) is 0 Å². The third-order valence-corrected chi connectivity index (χ3v) is 5.55. The van der Waals surface area contributed by atoms with Crippen LogP contribution in [0.4, 0.5) is 10.1 Å². The van der Waals surface area contributed by atoms with Gasteiger partial charge in [0.1, 0.15) is 5.83 Å². The first-order chi connectivity index (χ1) is 14.4. The van der Waals surface area contributed by atoms with Crippen molar-refractivity contribution in [3.05, 3.63) is 105 Å². The molecule has 3 aromatic carbocycles. The summed E-state index contributed by atoms with van der Waals surface area (Å²) in [5, 5.41) is 0.816. The maximum Gasteiger partial charge on any atom is 0.258 e. The fourth-order valence-corrected chi connectivity index (χ4v) is 3.55. The molecule has 0 aliphatic rings. The first kappa shape index (κ1) is 22.1. The second-order valence-corrected chi connectivity index (χ2v) is 7.79. The molecule has 3 aromatic rings. The number of hydrogen-bond acceptors (Lipinski definition) is 1. The van der Waals surface area contributed by atoms with Crippen molar-refractivity contribution in [3.63, 3.8) is 0 Å². The van der Waals surface area contributed by atoms with Crippen molar-refractivity contribution < 1.29 is 9.18 Å². The van der Waals surface area contributed by atoms with Gasteiger partial charge in [0.2, 0.25) is 0 Å². The van der Waals surface area contributed by atoms with Gasteiger partial charge < -0.3 is 4.90 Å². The first-order valence-electron chi connectivity index (χ1n) is 9.66. The lowest BCUT2D eigenvalue weighted by molar-refractivity contribution is 0.0988. The molecule has 2 nitrogen and oxygen atoms in total. The lowest BCUT2D eigenvalue weighted by atomic mass is 10.1. The number of aryl methyl sites for hydroxylation is 1. The van der Waals surface area contributed by atoms with Gasteiger partial charge in [-0.15, -0.1) is 0 Å². The van der Waals surface area contributed by atoms with E-state index in [4.69, 9.17) is 23.2 Å². The van der Waals surface area contributed by atoms with Gasteiger partial charge >= 0.3 is 0 Å². The average molecular weight is 442 g/mol. The van der Waals surface area contributed by atoms with Gasteiger partial charge in [0.05, 0.1) is 10.0 Å². The highest BCUT2D eigenvalue weighted by atomic mass is 35.5. The fraction of sp³-hybridized carbons (Fsp3) is 0.160. The van der Waals surface area contributed by atoms with Crippen LogP contribution in [0, 0.1) is 6.92 Å². The zero-order valence-corrected chi connectivity index (χ0v) is 18.3. The van der Waals surface area contributed by atoms with E-state index < -0.39 is 0 Å². The molecule has 154 valence electrons. The molecule has 0 aliphatic heterocycles. The normalized spacial score (nSPS) is 11.4. The van der Waals surface area contributed by atoms with E-state index in [0.717, 1.165) is 16.8 Å². The van der Waals surface area contributed by atoms with Crippen LogP contribution in [0.25, 0.3) is 6.08 Å². The Hall–Kier alpha value is -2.62. The molecule has 0 heterocycles. The summed E-state index contributed by atoms with van der Waals surface area (Å²) in [6, 6.07) is 19.8. The maximum absolute atomic E-state index is 14.4. The number of nitrogens with zero attached hydrogens (tertiary/aromatic N) is 1. The van der Waals surface area contributed by atoms with Gasteiger partial charge in [0.25, 0.3) is 5.91 Å². The van der Waals surface area contributed by atoms with Gasteiger partial charge in [-0.25, -0.2) is 4.39 Å². The molecular weight excluding hydrogens is 420 g/mol. The lowest BCUT2D eigenvalue weighted by Crippen LogP contribution is -2.31. The average Bonchev–Trinajstić information content (AvgIpc) is 2.73. The summed E-state index contributed by atoms with van der Waals surface area (Å²) in [4.78, 5) is 14.7. The summed E-state index contributed by atoms with van der Waals surface area (Å²) in [6.07, 6.45) is 1.56. The van der Waals surface area contributed by atoms with E-state index >= 15 is 0 Å². The van der Waals surface area contributed by atoms with Crippen molar-refractivity contribution in [1.29, 1.82) is 0 Å². The Labute approximate surface area is 186 Å². The Morgan fingerprint density at radius 2 is 1.70 bits per heavy atom. The van der Waals surface area contributed by atoms with Crippen molar-refractivity contribution in [2.45, 2.75) is 20.3 Å². The van der Waals surface area contributed by atoms with E-state index in [9.17, 15) is 9.18 Å². The monoisotopic (exact) mass is 441 g/mol. The highest BCUT2D eigenvalue weighted by Crippen LogP contribution is 2.25. The molecular formula is C25H22Cl2FNO. The second-order valence-electron chi connectivity index (χ2n) is 6.97. The summed E-state index contributed by atoms with van der Waals surface area (Å²) in [5.41, 5.74) is 3.92. The van der Waals surface area contributed by atoms with Gasteiger partial charge in [-0.1, -0.05) is 59.6 Å². The summed E-state index contributed by atoms with van der Waals surface area (Å²) in [5.74, 6) is -0.382. The van der Waals surface area contributed by atoms with Crippen LogP contribution in [-0.4, -0.2) is 12.5 Å². The van der Waals surface area contributed by atoms with Gasteiger partial charge in [0, 0.05) is 24.2 Å². The van der Waals surface area contributed by atoms with Gasteiger partial charge in [-0.05, 0) is 66.9 Å². The molecule has 0 aliphatic carbocycles. The quantitative estimate of drug-likeness (QED) is 0.387. The van der Waals surface area contributed by atoms with E-state index in [0.29, 0.717) is 27.7 Å². The molecule has 0 fully saturated rings. The summed E-state index contributed by atoms with van der Waals surface area (Å²) < 4.78 is 14.4. The third kappa shape index (κ3) is 5.29. The number of para-hydroxylation sites is 1. The topological polar surface area (TPSA) is 20.3 Å². The number of carbonyl (C=O) groups is 1. The van der Waals surface area contributed by atoms with Crippen LogP contribution in [-0.2, 0) is 6.42 Å². The Bertz CT molecular complexity index is 1080. The standard InChI is InChI=1S/C25H22Cl2FNO/c1-3-29(24-7-5-4-6-17(24)2)25(30)20-11-8-18(9-12-20)14-21(28)15-19-10-13-22(26)23(27)16-19/h4-13,15-16H,3,14H2,1-2H3/b21-15-. The number of benzene rings is 3. The molecule has 5 heteroatoms. The highest BCUT2D eigenvalue weighted by Gasteiger charge is 2.17. The minimum Gasteiger partial charge on any atom is -0.308 e. The smallest absolute Gasteiger partial charge is 0.258 e. The zero-order chi connectivity index (χ0) is 21.7. The lowest BCUT2D eigenvalue weighted by Gasteiger charge is -2.23. The number of anilines is 1. The highest BCUT2D eigenvalue weighted by molar-refractivity contribution is 6.42. The van der Waals surface area contributed by atoms with Crippen LogP contribution in [0.1, 0.15) is 34.0 Å². The van der Waals surface area contributed by atoms with E-state index in [1.165, 1.54) is 6.08 Å². The fourth-order valence-electron chi connectivity index (χ4n) is 3.24. The predicted octanol–water partition coefficient (Wildman–Crippen LogP) is 7.52. The van der Waals surface area contributed by atoms with Gasteiger partial charge in [0.15, 0.2) is 0 Å². The molecule has 0 bridgehead atoms. The number of hydrogen-bond donors (Lipinski definition) is 0. The second kappa shape index (κ2) is 9.92. The van der Waals surface area contributed by atoms with Crippen molar-refractivity contribution >= 4 is 40.9 Å². The van der Waals surface area contributed by atoms with Crippen LogP contribution in [0.2, 0.25) is 10.0 Å². The van der Waals surface area contributed by atoms with Gasteiger partial charge in [-0.3, -0.25) is 4.79 Å². The largest absolute Gasteiger partial charge is 0.308 e. The molecule has 30 heavy (non-hydrogen) atoms. The van der Waals surface area contributed by atoms with Crippen molar-refractivity contribution in [2.75, 3.05) is 11.4 Å². The third-order valence-electron chi connectivity index (χ3n) is 4.81. The Kier molecular flexibility index (Phi) is 7.30. The Morgan fingerprint density at radius 3 is 2.33 bits per heavy atom. The van der Waals surface area contributed by atoms with Crippen molar-refractivity contribution in [2.24, 2.45) is 0 Å². The maximum atomic E-state index is 14.4. The molecule has 3 rings (SSSR count). The number of carbonyl (C=O) groups excluding carboxylic acids is 1. The minimum absolute atomic E-state index is 0.0785. The molecule has 0 unspecified atom stereocenters. The summed E-state index contributed by atoms with van der Waals surface area (Å²) in [7, 11) is 0. The summed E-state index contributed by atoms with van der Waals surface area (Å²) >= 11 is 11.9. The van der Waals surface area contributed by atoms with Crippen LogP contribution < -0.4 is 4.90 Å². The van der Waals surface area contributed by atoms with Crippen LogP contribution in [0.15, 0.2) is 72.6 Å². The minimum atomic E-state index is -0.303. The van der Waals surface area contributed by atoms with Crippen molar-refractivity contribution in [3.8, 4) is 0 Å². The Balaban J connectivity index is 1.73. The predicted molar refractivity (Wildman–Crippen MR) is 124 cm³/mol. The zero-order valence-electron chi connectivity index (χ0n) is 16.8. The molecule has 0 atom stereocenters. The molecule has 0 spiro atoms. The molecule has 0 radical (unpaired) electrons. The van der Waals surface area contributed by atoms with E-state index in [2.05, 4.69) is 0 Å². The molecule has 0 N–H and O–H groups in total. The first-order valence-corrected chi connectivity index (χ1v) is 10.4. The van der Waals surface area contributed by atoms with Crippen LogP contribution >= 0.6 is 23.2 Å². The summed E-state index contributed by atoms with van der Waals surface area (Å²) in [6.45, 7) is 4.49. The number of halogens is 3. The SMILES string of the molecule is CCN(C(=O)c1ccc(C/C(F)=C/c2ccc(Cl)c(Cl)c2)cc1)c1ccccc1C. The number of allylic oxidation sites excluding steroid dienone is 1. The molecule has 0 aromatic heterocycles. The van der Waals surface area contributed by atoms with E-state index in [1.54, 1.807) is 47.4 Å². The Morgan fingerprint density at radius 1 is 1.00 bits per heavy atom. The molecule has 0 saturated carbocycles. The van der Waals surface area contributed by atoms with E-state index in [1.807, 2.05) is 38.1 Å². The van der Waals surface area contributed by atoms with E-state index in [-0.39, 0.29) is 18.2 Å². The van der Waals surface area contributed by atoms with Crippen LogP contribution in [0.5, 0.6) is 0 Å². The molecule has 0 saturated heterocycles. The van der Waals surface area contributed by atoms with Crippen molar-refractivity contribution in [1.82, 2.24) is 0 Å².